The van der Waals surface area contributed by atoms with E-state index in [2.05, 4.69) is 5.32 Å². The molecule has 0 aliphatic carbocycles. The van der Waals surface area contributed by atoms with Crippen molar-refractivity contribution in [3.05, 3.63) is 24.3 Å². The maximum atomic E-state index is 11.9. The Morgan fingerprint density at radius 1 is 1.23 bits per heavy atom. The summed E-state index contributed by atoms with van der Waals surface area (Å²) >= 11 is 1.23. The van der Waals surface area contributed by atoms with Crippen molar-refractivity contribution < 1.29 is 19.1 Å². The predicted octanol–water partition coefficient (Wildman–Crippen LogP) is 3.10. The lowest BCUT2D eigenvalue weighted by Gasteiger charge is -2.12. The maximum Gasteiger partial charge on any atom is 0.316 e. The fourth-order valence-electron chi connectivity index (χ4n) is 1.61. The summed E-state index contributed by atoms with van der Waals surface area (Å²) in [6.07, 6.45) is 0.700. The average Bonchev–Trinajstić information content (AvgIpc) is 2.49. The number of benzene rings is 1. The van der Waals surface area contributed by atoms with E-state index >= 15 is 0 Å². The molecule has 0 aliphatic rings. The predicted molar refractivity (Wildman–Crippen MR) is 89.4 cm³/mol. The number of hydrogen-bond donors (Lipinski definition) is 1. The molecule has 1 unspecified atom stereocenters. The number of hydrogen-bond acceptors (Lipinski definition) is 5. The van der Waals surface area contributed by atoms with Gasteiger partial charge in [-0.1, -0.05) is 19.1 Å². The van der Waals surface area contributed by atoms with Gasteiger partial charge < -0.3 is 14.8 Å². The highest BCUT2D eigenvalue weighted by Crippen LogP contribution is 2.23. The molecular formula is C16H23NO4S. The number of anilines is 1. The summed E-state index contributed by atoms with van der Waals surface area (Å²) in [6, 6.07) is 7.26. The van der Waals surface area contributed by atoms with E-state index in [1.807, 2.05) is 32.9 Å². The van der Waals surface area contributed by atoms with E-state index in [9.17, 15) is 9.59 Å². The zero-order valence-electron chi connectivity index (χ0n) is 13.3. The smallest absolute Gasteiger partial charge is 0.316 e. The molecule has 1 N–H and O–H groups in total. The standard InChI is InChI=1S/C16H23NO4S/c1-4-12(3)21-16(19)11-22-10-15(18)17-13-8-6-7-9-14(13)20-5-2/h6-9,12H,4-5,10-11H2,1-3H3,(H,17,18). The number of carbonyl (C=O) groups excluding carboxylic acids is 2. The van der Waals surface area contributed by atoms with Gasteiger partial charge in [0.2, 0.25) is 5.91 Å². The number of rotatable bonds is 9. The van der Waals surface area contributed by atoms with Gasteiger partial charge in [0.25, 0.3) is 0 Å². The first-order chi connectivity index (χ1) is 10.6. The van der Waals surface area contributed by atoms with Crippen molar-refractivity contribution >= 4 is 29.3 Å². The van der Waals surface area contributed by atoms with Gasteiger partial charge in [-0.3, -0.25) is 9.59 Å². The van der Waals surface area contributed by atoms with Crippen LogP contribution in [-0.2, 0) is 14.3 Å². The zero-order chi connectivity index (χ0) is 16.4. The molecular weight excluding hydrogens is 302 g/mol. The number of carbonyl (C=O) groups is 2. The molecule has 1 atom stereocenters. The van der Waals surface area contributed by atoms with Crippen LogP contribution < -0.4 is 10.1 Å². The molecule has 22 heavy (non-hydrogen) atoms. The Morgan fingerprint density at radius 3 is 2.64 bits per heavy atom. The minimum Gasteiger partial charge on any atom is -0.492 e. The zero-order valence-corrected chi connectivity index (χ0v) is 14.1. The molecule has 1 rings (SSSR count). The molecule has 0 fully saturated rings. The Kier molecular flexibility index (Phi) is 8.43. The van der Waals surface area contributed by atoms with Gasteiger partial charge in [0, 0.05) is 0 Å². The van der Waals surface area contributed by atoms with Gasteiger partial charge in [-0.15, -0.1) is 11.8 Å². The van der Waals surface area contributed by atoms with Crippen LogP contribution in [0, 0.1) is 0 Å². The molecule has 0 heterocycles. The second-order valence-electron chi connectivity index (χ2n) is 4.68. The van der Waals surface area contributed by atoms with Gasteiger partial charge in [-0.25, -0.2) is 0 Å². The Balaban J connectivity index is 2.36. The lowest BCUT2D eigenvalue weighted by molar-refractivity contribution is -0.144. The SMILES string of the molecule is CCOc1ccccc1NC(=O)CSCC(=O)OC(C)CC. The van der Waals surface area contributed by atoms with Crippen LogP contribution in [0.4, 0.5) is 5.69 Å². The van der Waals surface area contributed by atoms with Gasteiger partial charge in [-0.2, -0.15) is 0 Å². The molecule has 5 nitrogen and oxygen atoms in total. The molecule has 0 aromatic heterocycles. The van der Waals surface area contributed by atoms with Crippen molar-refractivity contribution in [2.45, 2.75) is 33.3 Å². The lowest BCUT2D eigenvalue weighted by atomic mass is 10.3. The fourth-order valence-corrected chi connectivity index (χ4v) is 2.20. The van der Waals surface area contributed by atoms with Crippen molar-refractivity contribution in [2.75, 3.05) is 23.4 Å². The highest BCUT2D eigenvalue weighted by Gasteiger charge is 2.11. The van der Waals surface area contributed by atoms with Crippen LogP contribution in [-0.4, -0.2) is 36.1 Å². The van der Waals surface area contributed by atoms with Crippen LogP contribution in [0.5, 0.6) is 5.75 Å². The van der Waals surface area contributed by atoms with Crippen LogP contribution in [0.15, 0.2) is 24.3 Å². The topological polar surface area (TPSA) is 64.6 Å². The molecule has 0 saturated heterocycles. The van der Waals surface area contributed by atoms with Crippen molar-refractivity contribution in [3.63, 3.8) is 0 Å². The van der Waals surface area contributed by atoms with Gasteiger partial charge in [0.1, 0.15) is 5.75 Å². The van der Waals surface area contributed by atoms with E-state index < -0.39 is 0 Å². The summed E-state index contributed by atoms with van der Waals surface area (Å²) in [7, 11) is 0. The highest BCUT2D eigenvalue weighted by atomic mass is 32.2. The number of amides is 1. The minimum atomic E-state index is -0.290. The van der Waals surface area contributed by atoms with E-state index in [-0.39, 0.29) is 29.5 Å². The third-order valence-electron chi connectivity index (χ3n) is 2.82. The molecule has 1 aromatic carbocycles. The molecule has 0 aliphatic heterocycles. The highest BCUT2D eigenvalue weighted by molar-refractivity contribution is 8.00. The quantitative estimate of drug-likeness (QED) is 0.707. The van der Waals surface area contributed by atoms with Gasteiger partial charge in [-0.05, 0) is 32.4 Å². The number of para-hydroxylation sites is 2. The molecule has 0 spiro atoms. The summed E-state index contributed by atoms with van der Waals surface area (Å²) in [4.78, 5) is 23.4. The van der Waals surface area contributed by atoms with E-state index in [0.717, 1.165) is 6.42 Å². The van der Waals surface area contributed by atoms with E-state index in [4.69, 9.17) is 9.47 Å². The Hall–Kier alpha value is -1.69. The normalized spacial score (nSPS) is 11.6. The first kappa shape index (κ1) is 18.4. The Bertz CT molecular complexity index is 493. The summed E-state index contributed by atoms with van der Waals surface area (Å²) in [5.74, 6) is 0.538. The third-order valence-corrected chi connectivity index (χ3v) is 3.73. The first-order valence-corrected chi connectivity index (χ1v) is 8.51. The summed E-state index contributed by atoms with van der Waals surface area (Å²) in [5, 5.41) is 2.78. The lowest BCUT2D eigenvalue weighted by Crippen LogP contribution is -2.19. The fraction of sp³-hybridized carbons (Fsp3) is 0.500. The number of thioether (sulfide) groups is 1. The Labute approximate surface area is 135 Å². The second kappa shape index (κ2) is 10.1. The molecule has 6 heteroatoms. The van der Waals surface area contributed by atoms with Crippen molar-refractivity contribution in [2.24, 2.45) is 0 Å². The van der Waals surface area contributed by atoms with Crippen LogP contribution in [0.1, 0.15) is 27.2 Å². The van der Waals surface area contributed by atoms with E-state index in [1.54, 1.807) is 12.1 Å². The van der Waals surface area contributed by atoms with Crippen LogP contribution in [0.25, 0.3) is 0 Å². The monoisotopic (exact) mass is 325 g/mol. The third kappa shape index (κ3) is 6.85. The van der Waals surface area contributed by atoms with E-state index in [0.29, 0.717) is 18.0 Å². The van der Waals surface area contributed by atoms with Crippen molar-refractivity contribution in [1.29, 1.82) is 0 Å². The second-order valence-corrected chi connectivity index (χ2v) is 5.66. The summed E-state index contributed by atoms with van der Waals surface area (Å²) in [5.41, 5.74) is 0.636. The number of ether oxygens (including phenoxy) is 2. The van der Waals surface area contributed by atoms with Crippen LogP contribution in [0.3, 0.4) is 0 Å². The van der Waals surface area contributed by atoms with E-state index in [1.165, 1.54) is 11.8 Å². The molecule has 0 radical (unpaired) electrons. The van der Waals surface area contributed by atoms with Crippen LogP contribution in [0.2, 0.25) is 0 Å². The largest absolute Gasteiger partial charge is 0.492 e. The molecule has 1 amide bonds. The minimum absolute atomic E-state index is 0.0833. The molecule has 1 aromatic rings. The van der Waals surface area contributed by atoms with Gasteiger partial charge >= 0.3 is 5.97 Å². The molecule has 0 saturated carbocycles. The maximum absolute atomic E-state index is 11.9. The average molecular weight is 325 g/mol. The number of esters is 1. The van der Waals surface area contributed by atoms with Crippen molar-refractivity contribution in [1.82, 2.24) is 0 Å². The summed E-state index contributed by atoms with van der Waals surface area (Å²) < 4.78 is 10.6. The van der Waals surface area contributed by atoms with Gasteiger partial charge in [0.05, 0.1) is 29.9 Å². The molecule has 0 bridgehead atoms. The molecule has 122 valence electrons. The summed E-state index contributed by atoms with van der Waals surface area (Å²) in [6.45, 7) is 6.22. The van der Waals surface area contributed by atoms with Gasteiger partial charge in [0.15, 0.2) is 0 Å². The Morgan fingerprint density at radius 2 is 1.95 bits per heavy atom. The number of nitrogens with one attached hydrogen (secondary N) is 1. The van der Waals surface area contributed by atoms with Crippen LogP contribution >= 0.6 is 11.8 Å². The first-order valence-electron chi connectivity index (χ1n) is 7.35. The van der Waals surface area contributed by atoms with Crippen molar-refractivity contribution in [3.8, 4) is 5.75 Å².